The quantitative estimate of drug-likeness (QED) is 0.454. The molecule has 30 heavy (non-hydrogen) atoms. The van der Waals surface area contributed by atoms with Gasteiger partial charge < -0.3 is 9.30 Å². The summed E-state index contributed by atoms with van der Waals surface area (Å²) in [6, 6.07) is 17.8. The van der Waals surface area contributed by atoms with E-state index in [0.717, 1.165) is 27.0 Å². The third kappa shape index (κ3) is 2.73. The first-order chi connectivity index (χ1) is 14.5. The predicted molar refractivity (Wildman–Crippen MR) is 120 cm³/mol. The van der Waals surface area contributed by atoms with Crippen LogP contribution in [0.5, 0.6) is 0 Å². The van der Waals surface area contributed by atoms with E-state index in [1.165, 1.54) is 11.6 Å². The highest BCUT2D eigenvalue weighted by molar-refractivity contribution is 9.10. The summed E-state index contributed by atoms with van der Waals surface area (Å²) >= 11 is 3.48. The molecule has 0 amide bonds. The van der Waals surface area contributed by atoms with Gasteiger partial charge in [0.05, 0.1) is 28.9 Å². The Bertz CT molecular complexity index is 1380. The van der Waals surface area contributed by atoms with Gasteiger partial charge in [-0.2, -0.15) is 0 Å². The van der Waals surface area contributed by atoms with E-state index in [1.54, 1.807) is 11.6 Å². The van der Waals surface area contributed by atoms with Crippen molar-refractivity contribution in [1.82, 2.24) is 13.7 Å². The van der Waals surface area contributed by atoms with Crippen molar-refractivity contribution >= 4 is 26.8 Å². The topological polar surface area (TPSA) is 58.2 Å². The Balaban J connectivity index is 1.94. The van der Waals surface area contributed by atoms with Gasteiger partial charge in [-0.25, -0.2) is 4.79 Å². The smallest absolute Gasteiger partial charge is 0.331 e. The lowest BCUT2D eigenvalue weighted by molar-refractivity contribution is 0.0478. The van der Waals surface area contributed by atoms with Crippen LogP contribution in [0.1, 0.15) is 17.4 Å². The zero-order chi connectivity index (χ0) is 21.0. The first kappa shape index (κ1) is 19.1. The van der Waals surface area contributed by atoms with Crippen LogP contribution in [-0.4, -0.2) is 20.3 Å². The highest BCUT2D eigenvalue weighted by Gasteiger charge is 2.32. The molecular weight excluding hydrogens is 446 g/mol. The Labute approximate surface area is 181 Å². The van der Waals surface area contributed by atoms with Crippen molar-refractivity contribution in [3.63, 3.8) is 0 Å². The van der Waals surface area contributed by atoms with E-state index in [2.05, 4.69) is 20.5 Å². The average Bonchev–Trinajstić information content (AvgIpc) is 3.13. The molecule has 1 aliphatic heterocycles. The van der Waals surface area contributed by atoms with Gasteiger partial charge in [-0.1, -0.05) is 58.4 Å². The Morgan fingerprint density at radius 2 is 1.67 bits per heavy atom. The van der Waals surface area contributed by atoms with E-state index in [-0.39, 0.29) is 17.4 Å². The summed E-state index contributed by atoms with van der Waals surface area (Å²) in [7, 11) is 3.24. The van der Waals surface area contributed by atoms with Gasteiger partial charge >= 0.3 is 5.69 Å². The van der Waals surface area contributed by atoms with Crippen molar-refractivity contribution in [3.8, 4) is 11.3 Å². The Morgan fingerprint density at radius 1 is 0.967 bits per heavy atom. The molecule has 3 heterocycles. The molecule has 0 bridgehead atoms. The summed E-state index contributed by atoms with van der Waals surface area (Å²) in [5.74, 6) is 0. The molecule has 0 saturated carbocycles. The summed E-state index contributed by atoms with van der Waals surface area (Å²) in [5.41, 5.74) is 3.60. The number of nitrogens with zero attached hydrogens (tertiary/aromatic N) is 3. The molecule has 0 fully saturated rings. The fourth-order valence-corrected chi connectivity index (χ4v) is 4.63. The lowest BCUT2D eigenvalue weighted by Crippen LogP contribution is -2.37. The van der Waals surface area contributed by atoms with E-state index in [0.29, 0.717) is 24.1 Å². The number of halogens is 1. The van der Waals surface area contributed by atoms with Crippen LogP contribution in [0.15, 0.2) is 68.7 Å². The fourth-order valence-electron chi connectivity index (χ4n) is 4.37. The molecule has 6 nitrogen and oxygen atoms in total. The van der Waals surface area contributed by atoms with Crippen LogP contribution < -0.4 is 11.2 Å². The summed E-state index contributed by atoms with van der Waals surface area (Å²) in [6.45, 7) is 1.13. The molecule has 0 N–H and O–H groups in total. The lowest BCUT2D eigenvalue weighted by Gasteiger charge is -2.27. The fraction of sp³-hybridized carbons (Fsp3) is 0.217. The van der Waals surface area contributed by atoms with Crippen LogP contribution in [0, 0.1) is 0 Å². The Morgan fingerprint density at radius 3 is 2.37 bits per heavy atom. The number of ether oxygens (including phenoxy) is 1. The third-order valence-corrected chi connectivity index (χ3v) is 6.30. The monoisotopic (exact) mass is 465 g/mol. The second-order valence-corrected chi connectivity index (χ2v) is 8.40. The van der Waals surface area contributed by atoms with Crippen LogP contribution in [0.2, 0.25) is 0 Å². The minimum absolute atomic E-state index is 0.289. The van der Waals surface area contributed by atoms with Crippen LogP contribution in [0.3, 0.4) is 0 Å². The molecule has 0 saturated heterocycles. The van der Waals surface area contributed by atoms with Crippen molar-refractivity contribution in [1.29, 1.82) is 0 Å². The summed E-state index contributed by atoms with van der Waals surface area (Å²) < 4.78 is 12.1. The molecule has 0 aliphatic carbocycles. The largest absolute Gasteiger partial charge is 0.365 e. The summed E-state index contributed by atoms with van der Waals surface area (Å²) in [6.07, 6.45) is -0.371. The number of aromatic nitrogens is 3. The summed E-state index contributed by atoms with van der Waals surface area (Å²) in [4.78, 5) is 26.1. The van der Waals surface area contributed by atoms with Crippen molar-refractivity contribution in [2.75, 3.05) is 6.61 Å². The van der Waals surface area contributed by atoms with Gasteiger partial charge in [-0.05, 0) is 23.3 Å². The molecule has 1 aliphatic rings. The zero-order valence-corrected chi connectivity index (χ0v) is 18.2. The van der Waals surface area contributed by atoms with Crippen molar-refractivity contribution in [2.24, 2.45) is 14.1 Å². The minimum Gasteiger partial charge on any atom is -0.365 e. The highest BCUT2D eigenvalue weighted by atomic mass is 79.9. The van der Waals surface area contributed by atoms with Crippen LogP contribution >= 0.6 is 15.9 Å². The minimum atomic E-state index is -0.371. The average molecular weight is 466 g/mol. The highest BCUT2D eigenvalue weighted by Crippen LogP contribution is 2.40. The molecular formula is C23H20BrN3O3. The molecule has 152 valence electrons. The van der Waals surface area contributed by atoms with Crippen molar-refractivity contribution in [2.45, 2.75) is 12.6 Å². The lowest BCUT2D eigenvalue weighted by atomic mass is 10.0. The first-order valence-electron chi connectivity index (χ1n) is 9.73. The first-order valence-corrected chi connectivity index (χ1v) is 10.5. The van der Waals surface area contributed by atoms with E-state index in [4.69, 9.17) is 4.74 Å². The van der Waals surface area contributed by atoms with Crippen LogP contribution in [0.4, 0.5) is 0 Å². The number of rotatable bonds is 2. The SMILES string of the molecule is Cn1c(=O)c2c(-c3ccccc3)n3c(c2n(C)c1=O)[C@@H](c1ccc(Br)cc1)OCC3. The summed E-state index contributed by atoms with van der Waals surface area (Å²) in [5, 5.41) is 0.549. The van der Waals surface area contributed by atoms with Gasteiger partial charge in [0.2, 0.25) is 0 Å². The molecule has 0 radical (unpaired) electrons. The number of hydrogen-bond acceptors (Lipinski definition) is 3. The van der Waals surface area contributed by atoms with Gasteiger partial charge in [0, 0.05) is 25.1 Å². The van der Waals surface area contributed by atoms with Crippen LogP contribution in [-0.2, 0) is 25.4 Å². The normalized spacial score (nSPS) is 16.0. The molecule has 0 unspecified atom stereocenters. The number of fused-ring (bicyclic) bond motifs is 3. The van der Waals surface area contributed by atoms with Crippen molar-refractivity contribution in [3.05, 3.63) is 91.2 Å². The van der Waals surface area contributed by atoms with Gasteiger partial charge in [0.25, 0.3) is 5.56 Å². The molecule has 4 aromatic rings. The molecule has 7 heteroatoms. The van der Waals surface area contributed by atoms with Gasteiger partial charge in [-0.3, -0.25) is 13.9 Å². The van der Waals surface area contributed by atoms with Gasteiger partial charge in [0.1, 0.15) is 6.10 Å². The Kier molecular flexibility index (Phi) is 4.52. The number of aryl methyl sites for hydroxylation is 1. The maximum atomic E-state index is 13.3. The Hall–Kier alpha value is -2.90. The molecule has 0 spiro atoms. The van der Waals surface area contributed by atoms with E-state index in [1.807, 2.05) is 54.6 Å². The zero-order valence-electron chi connectivity index (χ0n) is 16.6. The molecule has 2 aromatic heterocycles. The van der Waals surface area contributed by atoms with Gasteiger partial charge in [0.15, 0.2) is 0 Å². The molecule has 2 aromatic carbocycles. The third-order valence-electron chi connectivity index (χ3n) is 5.77. The predicted octanol–water partition coefficient (Wildman–Crippen LogP) is 3.59. The number of hydrogen-bond donors (Lipinski definition) is 0. The standard InChI is InChI=1S/C23H20BrN3O3/c1-25-19-17(22(28)26(2)23(25)29)18(14-6-4-3-5-7-14)27-12-13-30-21(20(19)27)15-8-10-16(24)11-9-15/h3-11,21H,12-13H2,1-2H3/t21-/m1/s1. The maximum Gasteiger partial charge on any atom is 0.331 e. The van der Waals surface area contributed by atoms with E-state index in [9.17, 15) is 9.59 Å². The molecule has 5 rings (SSSR count). The second kappa shape index (κ2) is 7.11. The van der Waals surface area contributed by atoms with E-state index >= 15 is 0 Å². The van der Waals surface area contributed by atoms with Crippen molar-refractivity contribution < 1.29 is 4.74 Å². The van der Waals surface area contributed by atoms with Gasteiger partial charge in [-0.15, -0.1) is 0 Å². The second-order valence-electron chi connectivity index (χ2n) is 7.48. The molecule has 1 atom stereocenters. The van der Waals surface area contributed by atoms with Crippen LogP contribution in [0.25, 0.3) is 22.2 Å². The maximum absolute atomic E-state index is 13.3. The number of benzene rings is 2. The van der Waals surface area contributed by atoms with E-state index < -0.39 is 0 Å².